The minimum absolute atomic E-state index is 0.339. The third-order valence-electron chi connectivity index (χ3n) is 3.14. The molecule has 28 heavy (non-hydrogen) atoms. The van der Waals surface area contributed by atoms with Crippen molar-refractivity contribution in [2.45, 2.75) is 0 Å². The monoisotopic (exact) mass is 413 g/mol. The molecule has 0 saturated heterocycles. The van der Waals surface area contributed by atoms with Crippen molar-refractivity contribution < 1.29 is 29.1 Å². The van der Waals surface area contributed by atoms with Crippen molar-refractivity contribution >= 4 is 37.0 Å². The summed E-state index contributed by atoms with van der Waals surface area (Å²) in [5.74, 6) is -0.527. The smallest absolute Gasteiger partial charge is 0.347 e. The highest BCUT2D eigenvalue weighted by Crippen LogP contribution is 2.42. The standard InChI is InChI=1S/C12H8N5O10P/c18-14(19)7-1-3-9(10(5-7)16(22)23)13-28(26)27-12-4-2-8(15(20)21)6-11(12)17(24)25/h1-6,13,26H. The predicted octanol–water partition coefficient (Wildman–Crippen LogP) is 3.03. The Morgan fingerprint density at radius 2 is 1.29 bits per heavy atom. The number of anilines is 1. The lowest BCUT2D eigenvalue weighted by Gasteiger charge is -2.13. The number of nitrogens with one attached hydrogen (secondary N) is 1. The molecule has 2 N–H and O–H groups in total. The van der Waals surface area contributed by atoms with Crippen molar-refractivity contribution in [3.63, 3.8) is 0 Å². The van der Waals surface area contributed by atoms with Crippen LogP contribution in [0.5, 0.6) is 5.75 Å². The number of hydrogen-bond acceptors (Lipinski definition) is 11. The Balaban J connectivity index is 2.28. The largest absolute Gasteiger partial charge is 0.424 e. The van der Waals surface area contributed by atoms with Gasteiger partial charge in [0.2, 0.25) is 5.75 Å². The molecule has 0 aliphatic rings. The molecular weight excluding hydrogens is 405 g/mol. The average molecular weight is 413 g/mol. The summed E-state index contributed by atoms with van der Waals surface area (Å²) >= 11 is 0. The molecule has 2 aromatic carbocycles. The van der Waals surface area contributed by atoms with E-state index in [1.54, 1.807) is 0 Å². The second-order valence-electron chi connectivity index (χ2n) is 4.86. The molecule has 0 aliphatic carbocycles. The van der Waals surface area contributed by atoms with Crippen LogP contribution in [-0.2, 0) is 0 Å². The predicted molar refractivity (Wildman–Crippen MR) is 92.9 cm³/mol. The fourth-order valence-electron chi connectivity index (χ4n) is 1.94. The molecule has 0 spiro atoms. The van der Waals surface area contributed by atoms with E-state index >= 15 is 0 Å². The van der Waals surface area contributed by atoms with Gasteiger partial charge in [0.1, 0.15) is 5.69 Å². The van der Waals surface area contributed by atoms with Crippen molar-refractivity contribution in [3.05, 3.63) is 76.9 Å². The molecule has 2 rings (SSSR count). The van der Waals surface area contributed by atoms with Crippen LogP contribution in [0.4, 0.5) is 28.4 Å². The average Bonchev–Trinajstić information content (AvgIpc) is 2.61. The van der Waals surface area contributed by atoms with Crippen molar-refractivity contribution in [1.29, 1.82) is 0 Å². The van der Waals surface area contributed by atoms with Gasteiger partial charge in [-0.2, -0.15) is 0 Å². The van der Waals surface area contributed by atoms with Crippen LogP contribution in [0.25, 0.3) is 0 Å². The van der Waals surface area contributed by atoms with Gasteiger partial charge in [0.05, 0.1) is 31.8 Å². The Morgan fingerprint density at radius 3 is 1.79 bits per heavy atom. The molecule has 16 heteroatoms. The van der Waals surface area contributed by atoms with Gasteiger partial charge in [-0.1, -0.05) is 0 Å². The highest BCUT2D eigenvalue weighted by molar-refractivity contribution is 7.48. The third-order valence-corrected chi connectivity index (χ3v) is 3.94. The molecule has 15 nitrogen and oxygen atoms in total. The summed E-state index contributed by atoms with van der Waals surface area (Å²) in [6, 6.07) is 4.95. The molecule has 0 heterocycles. The van der Waals surface area contributed by atoms with E-state index in [9.17, 15) is 45.4 Å². The van der Waals surface area contributed by atoms with Gasteiger partial charge in [0, 0.05) is 12.1 Å². The van der Waals surface area contributed by atoms with Crippen LogP contribution >= 0.6 is 8.53 Å². The second-order valence-corrected chi connectivity index (χ2v) is 5.81. The highest BCUT2D eigenvalue weighted by Gasteiger charge is 2.26. The number of nitro benzene ring substituents is 4. The van der Waals surface area contributed by atoms with Crippen molar-refractivity contribution in [2.75, 3.05) is 5.09 Å². The number of rotatable bonds is 8. The first-order valence-electron chi connectivity index (χ1n) is 6.89. The molecule has 0 radical (unpaired) electrons. The van der Waals surface area contributed by atoms with Crippen LogP contribution in [0.2, 0.25) is 0 Å². The topological polar surface area (TPSA) is 214 Å². The van der Waals surface area contributed by atoms with E-state index in [0.717, 1.165) is 24.3 Å². The molecule has 0 fully saturated rings. The number of nitrogens with zero attached hydrogens (tertiary/aromatic N) is 4. The molecule has 0 aromatic heterocycles. The summed E-state index contributed by atoms with van der Waals surface area (Å²) in [5, 5.41) is 45.7. The van der Waals surface area contributed by atoms with Gasteiger partial charge in [-0.05, 0) is 12.1 Å². The van der Waals surface area contributed by atoms with Crippen LogP contribution in [-0.4, -0.2) is 24.6 Å². The van der Waals surface area contributed by atoms with E-state index in [-0.39, 0.29) is 5.69 Å². The maximum atomic E-state index is 11.1. The molecule has 146 valence electrons. The van der Waals surface area contributed by atoms with E-state index in [4.69, 9.17) is 4.52 Å². The molecule has 2 aromatic rings. The fraction of sp³-hybridized carbons (Fsp3) is 0. The minimum atomic E-state index is -2.76. The van der Waals surface area contributed by atoms with Gasteiger partial charge in [0.25, 0.3) is 17.1 Å². The summed E-state index contributed by atoms with van der Waals surface area (Å²) in [6.07, 6.45) is 0. The summed E-state index contributed by atoms with van der Waals surface area (Å²) in [6.45, 7) is 0. The van der Waals surface area contributed by atoms with E-state index in [1.165, 1.54) is 0 Å². The first kappa shape index (κ1) is 20.3. The Bertz CT molecular complexity index is 906. The molecule has 0 saturated carbocycles. The van der Waals surface area contributed by atoms with E-state index in [0.29, 0.717) is 12.1 Å². The van der Waals surface area contributed by atoms with Crippen LogP contribution < -0.4 is 9.61 Å². The highest BCUT2D eigenvalue weighted by atomic mass is 31.2. The molecule has 1 unspecified atom stereocenters. The van der Waals surface area contributed by atoms with Gasteiger partial charge < -0.3 is 14.5 Å². The van der Waals surface area contributed by atoms with Gasteiger partial charge in [0.15, 0.2) is 0 Å². The second kappa shape index (κ2) is 8.15. The van der Waals surface area contributed by atoms with Crippen molar-refractivity contribution in [2.24, 2.45) is 0 Å². The molecule has 0 aliphatic heterocycles. The molecular formula is C12H8N5O10P. The number of benzene rings is 2. The zero-order valence-electron chi connectivity index (χ0n) is 13.3. The summed E-state index contributed by atoms with van der Waals surface area (Å²) in [4.78, 5) is 49.8. The van der Waals surface area contributed by atoms with Crippen LogP contribution in [0, 0.1) is 40.5 Å². The first-order chi connectivity index (χ1) is 13.1. The summed E-state index contributed by atoms with van der Waals surface area (Å²) in [5.41, 5.74) is -3.03. The SMILES string of the molecule is O=[N+]([O-])c1ccc(NP(O)Oc2ccc([N+](=O)[O-])cc2[N+](=O)[O-])c([N+](=O)[O-])c1. The lowest BCUT2D eigenvalue weighted by molar-refractivity contribution is -0.394. The Morgan fingerprint density at radius 1 is 0.786 bits per heavy atom. The van der Waals surface area contributed by atoms with Crippen LogP contribution in [0.1, 0.15) is 0 Å². The van der Waals surface area contributed by atoms with Crippen molar-refractivity contribution in [1.82, 2.24) is 0 Å². The zero-order valence-corrected chi connectivity index (χ0v) is 14.2. The number of hydrogen-bond donors (Lipinski definition) is 2. The maximum Gasteiger partial charge on any atom is 0.347 e. The molecule has 1 atom stereocenters. The number of nitro groups is 4. The van der Waals surface area contributed by atoms with Gasteiger partial charge in [-0.25, -0.2) is 0 Å². The lowest BCUT2D eigenvalue weighted by atomic mass is 10.2. The van der Waals surface area contributed by atoms with Gasteiger partial charge in [-0.15, -0.1) is 0 Å². The van der Waals surface area contributed by atoms with Crippen molar-refractivity contribution in [3.8, 4) is 5.75 Å². The summed E-state index contributed by atoms with van der Waals surface area (Å²) < 4.78 is 4.95. The van der Waals surface area contributed by atoms with E-state index in [1.807, 2.05) is 0 Å². The van der Waals surface area contributed by atoms with Crippen LogP contribution in [0.15, 0.2) is 36.4 Å². The Hall–Kier alpha value is -3.97. The minimum Gasteiger partial charge on any atom is -0.424 e. The quantitative estimate of drug-likeness (QED) is 0.364. The molecule has 0 bridgehead atoms. The third kappa shape index (κ3) is 4.60. The van der Waals surface area contributed by atoms with E-state index in [2.05, 4.69) is 5.09 Å². The van der Waals surface area contributed by atoms with Gasteiger partial charge in [-0.3, -0.25) is 40.5 Å². The zero-order chi connectivity index (χ0) is 21.0. The summed E-state index contributed by atoms with van der Waals surface area (Å²) in [7, 11) is -2.76. The first-order valence-corrected chi connectivity index (χ1v) is 8.10. The number of non-ortho nitro benzene ring substituents is 2. The fourth-order valence-corrected chi connectivity index (χ4v) is 2.72. The lowest BCUT2D eigenvalue weighted by Crippen LogP contribution is -2.03. The maximum absolute atomic E-state index is 11.1. The normalized spacial score (nSPS) is 11.3. The Kier molecular flexibility index (Phi) is 5.92. The molecule has 0 amide bonds. The van der Waals surface area contributed by atoms with E-state index < -0.39 is 56.7 Å². The van der Waals surface area contributed by atoms with Gasteiger partial charge >= 0.3 is 14.2 Å². The Labute approximate surface area is 154 Å². The van der Waals surface area contributed by atoms with Crippen LogP contribution in [0.3, 0.4) is 0 Å².